The summed E-state index contributed by atoms with van der Waals surface area (Å²) in [6, 6.07) is -0.613. The van der Waals surface area contributed by atoms with Crippen molar-refractivity contribution in [3.63, 3.8) is 0 Å². The van der Waals surface area contributed by atoms with Gasteiger partial charge in [0.15, 0.2) is 5.76 Å². The summed E-state index contributed by atoms with van der Waals surface area (Å²) in [6.45, 7) is 6.63. The summed E-state index contributed by atoms with van der Waals surface area (Å²) in [5.74, 6) is 0.488. The minimum atomic E-state index is -0.793. The monoisotopic (exact) mass is 424 g/mol. The molecule has 1 aromatic rings. The maximum Gasteiger partial charge on any atom is 0.322 e. The van der Waals surface area contributed by atoms with Crippen molar-refractivity contribution in [3.8, 4) is 0 Å². The molecule has 0 radical (unpaired) electrons. The highest BCUT2D eigenvalue weighted by molar-refractivity contribution is 5.90. The number of hydrogen-bond donors (Lipinski definition) is 3. The Balaban J connectivity index is 1.69. The highest BCUT2D eigenvalue weighted by Gasteiger charge is 2.40. The largest absolute Gasteiger partial charge is 0.389 e. The van der Waals surface area contributed by atoms with Gasteiger partial charge in [0.1, 0.15) is 17.5 Å². The van der Waals surface area contributed by atoms with Crippen LogP contribution in [-0.2, 0) is 14.3 Å². The number of hydrogen-bond acceptors (Lipinski definition) is 7. The maximum atomic E-state index is 13.1. The van der Waals surface area contributed by atoms with Gasteiger partial charge in [-0.25, -0.2) is 4.79 Å². The fourth-order valence-corrected chi connectivity index (χ4v) is 3.96. The Bertz CT molecular complexity index is 719. The van der Waals surface area contributed by atoms with Crippen LogP contribution in [0.5, 0.6) is 0 Å². The summed E-state index contributed by atoms with van der Waals surface area (Å²) in [4.78, 5) is 26.8. The molecule has 3 N–H and O–H groups in total. The number of aryl methyl sites for hydroxylation is 2. The summed E-state index contributed by atoms with van der Waals surface area (Å²) >= 11 is 0. The van der Waals surface area contributed by atoms with Gasteiger partial charge in [-0.1, -0.05) is 12.1 Å². The van der Waals surface area contributed by atoms with Crippen molar-refractivity contribution >= 4 is 17.6 Å². The predicted octanol–water partition coefficient (Wildman–Crippen LogP) is 1.35. The van der Waals surface area contributed by atoms with Crippen molar-refractivity contribution < 1.29 is 28.7 Å². The van der Waals surface area contributed by atoms with E-state index in [1.807, 2.05) is 6.92 Å². The Hall–Kier alpha value is -2.17. The fourth-order valence-electron chi connectivity index (χ4n) is 3.96. The molecule has 168 valence electrons. The first kappa shape index (κ1) is 22.5. The zero-order valence-corrected chi connectivity index (χ0v) is 17.8. The maximum absolute atomic E-state index is 13.1. The molecule has 1 aromatic heterocycles. The Morgan fingerprint density at radius 1 is 1.27 bits per heavy atom. The number of carbonyl (C=O) groups excluding carboxylic acids is 2. The third-order valence-corrected chi connectivity index (χ3v) is 5.49. The lowest BCUT2D eigenvalue weighted by molar-refractivity contribution is -0.149. The van der Waals surface area contributed by atoms with Gasteiger partial charge >= 0.3 is 6.03 Å². The van der Waals surface area contributed by atoms with Crippen LogP contribution in [0.1, 0.15) is 44.1 Å². The number of ether oxygens (including phenoxy) is 2. The van der Waals surface area contributed by atoms with E-state index in [1.165, 1.54) is 0 Å². The molecule has 2 aliphatic heterocycles. The number of nitrogens with zero attached hydrogens (tertiary/aromatic N) is 2. The standard InChI is InChI=1S/C20H32N4O6/c1-4-7-21-18(26)8-15-5-6-16-17(29-15)11-28-10-14(25)9-24(16)20(27)22-19-12(2)23-30-13(19)3/h14-17,25H,4-11H2,1-3H3,(H,21,26)(H,22,27)/t14-,15+,16+,17-/m1/s1. The van der Waals surface area contributed by atoms with Crippen molar-refractivity contribution in [1.29, 1.82) is 0 Å². The summed E-state index contributed by atoms with van der Waals surface area (Å²) in [5.41, 5.74) is 1.12. The average molecular weight is 424 g/mol. The molecule has 2 aliphatic rings. The van der Waals surface area contributed by atoms with Gasteiger partial charge in [0, 0.05) is 6.54 Å². The van der Waals surface area contributed by atoms with Crippen molar-refractivity contribution in [2.75, 3.05) is 31.6 Å². The van der Waals surface area contributed by atoms with Gasteiger partial charge in [0.2, 0.25) is 5.91 Å². The van der Waals surface area contributed by atoms with Crippen molar-refractivity contribution in [2.24, 2.45) is 0 Å². The molecule has 10 nitrogen and oxygen atoms in total. The van der Waals surface area contributed by atoms with E-state index < -0.39 is 6.10 Å². The molecule has 30 heavy (non-hydrogen) atoms. The van der Waals surface area contributed by atoms with Gasteiger partial charge in [-0.05, 0) is 33.1 Å². The average Bonchev–Trinajstić information content (AvgIpc) is 3.01. The fraction of sp³-hybridized carbons (Fsp3) is 0.750. The Morgan fingerprint density at radius 2 is 2.07 bits per heavy atom. The van der Waals surface area contributed by atoms with Crippen LogP contribution in [0, 0.1) is 13.8 Å². The molecule has 0 aliphatic carbocycles. The minimum Gasteiger partial charge on any atom is -0.389 e. The number of fused-ring (bicyclic) bond motifs is 1. The summed E-state index contributed by atoms with van der Waals surface area (Å²) in [5, 5.41) is 19.8. The van der Waals surface area contributed by atoms with E-state index >= 15 is 0 Å². The van der Waals surface area contributed by atoms with Crippen LogP contribution >= 0.6 is 0 Å². The van der Waals surface area contributed by atoms with Crippen molar-refractivity contribution in [2.45, 2.75) is 70.8 Å². The molecule has 0 aromatic carbocycles. The molecule has 2 fully saturated rings. The van der Waals surface area contributed by atoms with E-state index in [-0.39, 0.29) is 56.4 Å². The van der Waals surface area contributed by atoms with E-state index in [4.69, 9.17) is 14.0 Å². The first-order valence-electron chi connectivity index (χ1n) is 10.6. The first-order valence-corrected chi connectivity index (χ1v) is 10.6. The molecule has 0 saturated carbocycles. The number of carbonyl (C=O) groups is 2. The number of aliphatic hydroxyl groups excluding tert-OH is 1. The number of anilines is 1. The molecule has 0 spiro atoms. The number of nitrogens with one attached hydrogen (secondary N) is 2. The molecule has 0 unspecified atom stereocenters. The zero-order chi connectivity index (χ0) is 21.7. The number of aromatic nitrogens is 1. The minimum absolute atomic E-state index is 0.0320. The van der Waals surface area contributed by atoms with E-state index in [1.54, 1.807) is 18.7 Å². The number of urea groups is 1. The lowest BCUT2D eigenvalue weighted by Crippen LogP contribution is -2.58. The van der Waals surface area contributed by atoms with Gasteiger partial charge in [-0.15, -0.1) is 0 Å². The zero-order valence-electron chi connectivity index (χ0n) is 17.8. The molecule has 0 bridgehead atoms. The van der Waals surface area contributed by atoms with Crippen LogP contribution in [-0.4, -0.2) is 77.8 Å². The Labute approximate surface area is 176 Å². The van der Waals surface area contributed by atoms with Crippen LogP contribution in [0.3, 0.4) is 0 Å². The summed E-state index contributed by atoms with van der Waals surface area (Å²) in [6.07, 6.45) is 1.09. The second kappa shape index (κ2) is 10.2. The SMILES string of the molecule is CCCNC(=O)C[C@@H]1CC[C@H]2[C@@H](COC[C@H](O)CN2C(=O)Nc2c(C)noc2C)O1. The highest BCUT2D eigenvalue weighted by atomic mass is 16.5. The molecule has 2 saturated heterocycles. The Morgan fingerprint density at radius 3 is 2.77 bits per heavy atom. The lowest BCUT2D eigenvalue weighted by Gasteiger charge is -2.44. The van der Waals surface area contributed by atoms with Crippen LogP contribution < -0.4 is 10.6 Å². The van der Waals surface area contributed by atoms with Gasteiger partial charge in [0.05, 0.1) is 44.4 Å². The molecule has 3 heterocycles. The third kappa shape index (κ3) is 5.50. The molecule has 4 atom stereocenters. The van der Waals surface area contributed by atoms with E-state index in [0.717, 1.165) is 6.42 Å². The smallest absolute Gasteiger partial charge is 0.322 e. The van der Waals surface area contributed by atoms with Crippen molar-refractivity contribution in [3.05, 3.63) is 11.5 Å². The summed E-state index contributed by atoms with van der Waals surface area (Å²) < 4.78 is 16.9. The van der Waals surface area contributed by atoms with Crippen LogP contribution in [0.15, 0.2) is 4.52 Å². The normalized spacial score (nSPS) is 27.0. The van der Waals surface area contributed by atoms with Crippen LogP contribution in [0.2, 0.25) is 0 Å². The number of β-amino-alcohol motifs (C(OH)–C–C–N with tert-alkyl or cyclic N) is 1. The third-order valence-electron chi connectivity index (χ3n) is 5.49. The van der Waals surface area contributed by atoms with Crippen molar-refractivity contribution in [1.82, 2.24) is 15.4 Å². The summed E-state index contributed by atoms with van der Waals surface area (Å²) in [7, 11) is 0. The van der Waals surface area contributed by atoms with Gasteiger partial charge < -0.3 is 34.6 Å². The first-order chi connectivity index (χ1) is 14.4. The van der Waals surface area contributed by atoms with E-state index in [0.29, 0.717) is 36.5 Å². The topological polar surface area (TPSA) is 126 Å². The van der Waals surface area contributed by atoms with E-state index in [2.05, 4.69) is 15.8 Å². The van der Waals surface area contributed by atoms with Crippen LogP contribution in [0.25, 0.3) is 0 Å². The predicted molar refractivity (Wildman–Crippen MR) is 108 cm³/mol. The quantitative estimate of drug-likeness (QED) is 0.651. The Kier molecular flexibility index (Phi) is 7.68. The number of rotatable bonds is 5. The second-order valence-corrected chi connectivity index (χ2v) is 7.97. The van der Waals surface area contributed by atoms with E-state index in [9.17, 15) is 14.7 Å². The number of amides is 3. The van der Waals surface area contributed by atoms with Gasteiger partial charge in [-0.2, -0.15) is 0 Å². The molecule has 3 rings (SSSR count). The molecule has 3 amide bonds. The molecular formula is C20H32N4O6. The van der Waals surface area contributed by atoms with Gasteiger partial charge in [0.25, 0.3) is 0 Å². The molecule has 10 heteroatoms. The highest BCUT2D eigenvalue weighted by Crippen LogP contribution is 2.29. The van der Waals surface area contributed by atoms with Gasteiger partial charge in [-0.3, -0.25) is 4.79 Å². The van der Waals surface area contributed by atoms with Crippen LogP contribution in [0.4, 0.5) is 10.5 Å². The number of aliphatic hydroxyl groups is 1. The lowest BCUT2D eigenvalue weighted by atomic mass is 9.95. The second-order valence-electron chi connectivity index (χ2n) is 7.97. The molecular weight excluding hydrogens is 392 g/mol.